The van der Waals surface area contributed by atoms with Crippen LogP contribution in [-0.2, 0) is 0 Å². The van der Waals surface area contributed by atoms with E-state index < -0.39 is 7.12 Å². The number of rotatable bonds is 1. The average Bonchev–Trinajstić information content (AvgIpc) is 1.94. The largest absolute Gasteiger partial charge is 0.506 e. The molecule has 5 heteroatoms. The molecule has 0 atom stereocenters. The minimum atomic E-state index is -1.58. The molecule has 0 unspecified atom stereocenters. The Labute approximate surface area is 64.3 Å². The zero-order valence-electron chi connectivity index (χ0n) is 6.02. The van der Waals surface area contributed by atoms with Crippen LogP contribution in [0.15, 0.2) is 12.3 Å². The minimum absolute atomic E-state index is 0.0319. The van der Waals surface area contributed by atoms with Crippen molar-refractivity contribution in [1.82, 2.24) is 4.98 Å². The van der Waals surface area contributed by atoms with E-state index in [1.54, 1.807) is 6.92 Å². The Hall–Kier alpha value is -1.07. The van der Waals surface area contributed by atoms with Crippen LogP contribution in [0.25, 0.3) is 0 Å². The van der Waals surface area contributed by atoms with E-state index in [-0.39, 0.29) is 11.2 Å². The van der Waals surface area contributed by atoms with Crippen molar-refractivity contribution in [2.75, 3.05) is 0 Å². The fraction of sp³-hybridized carbons (Fsp3) is 0.167. The van der Waals surface area contributed by atoms with E-state index in [1.165, 1.54) is 12.3 Å². The molecule has 58 valence electrons. The molecule has 0 saturated carbocycles. The lowest BCUT2D eigenvalue weighted by Crippen LogP contribution is -2.30. The maximum atomic E-state index is 9.06. The molecule has 1 aromatic rings. The zero-order chi connectivity index (χ0) is 8.43. The van der Waals surface area contributed by atoms with Gasteiger partial charge in [-0.05, 0) is 13.0 Å². The van der Waals surface area contributed by atoms with E-state index in [9.17, 15) is 0 Å². The van der Waals surface area contributed by atoms with E-state index in [4.69, 9.17) is 15.2 Å². The zero-order valence-corrected chi connectivity index (χ0v) is 6.02. The van der Waals surface area contributed by atoms with Gasteiger partial charge in [0, 0.05) is 11.7 Å². The standard InChI is InChI=1S/C6H8BNO3/c1-4-6(9)2-5(3-8-4)7(10)11/h2-3,9-11H,1H3. The highest BCUT2D eigenvalue weighted by molar-refractivity contribution is 6.58. The van der Waals surface area contributed by atoms with Gasteiger partial charge in [0.1, 0.15) is 5.75 Å². The quantitative estimate of drug-likeness (QED) is 0.442. The Bertz CT molecular complexity index is 264. The number of aromatic hydroxyl groups is 1. The highest BCUT2D eigenvalue weighted by Crippen LogP contribution is 2.08. The molecule has 0 aliphatic carbocycles. The first-order valence-electron chi connectivity index (χ1n) is 3.13. The van der Waals surface area contributed by atoms with Gasteiger partial charge in [-0.25, -0.2) is 0 Å². The minimum Gasteiger partial charge on any atom is -0.506 e. The molecular weight excluding hydrogens is 145 g/mol. The molecule has 0 radical (unpaired) electrons. The molecule has 11 heavy (non-hydrogen) atoms. The summed E-state index contributed by atoms with van der Waals surface area (Å²) in [6.07, 6.45) is 1.31. The summed E-state index contributed by atoms with van der Waals surface area (Å²) in [7, 11) is -1.58. The highest BCUT2D eigenvalue weighted by Gasteiger charge is 2.12. The Balaban J connectivity index is 3.05. The van der Waals surface area contributed by atoms with E-state index in [0.717, 1.165) is 0 Å². The Morgan fingerprint density at radius 3 is 2.55 bits per heavy atom. The topological polar surface area (TPSA) is 73.6 Å². The predicted molar refractivity (Wildman–Crippen MR) is 40.5 cm³/mol. The van der Waals surface area contributed by atoms with Gasteiger partial charge in [0.05, 0.1) is 5.69 Å². The van der Waals surface area contributed by atoms with Gasteiger partial charge in [0.25, 0.3) is 0 Å². The molecule has 1 aromatic heterocycles. The molecule has 0 fully saturated rings. The van der Waals surface area contributed by atoms with Gasteiger partial charge in [0.2, 0.25) is 0 Å². The van der Waals surface area contributed by atoms with Gasteiger partial charge >= 0.3 is 7.12 Å². The SMILES string of the molecule is Cc1ncc(B(O)O)cc1O. The van der Waals surface area contributed by atoms with Gasteiger partial charge in [0.15, 0.2) is 0 Å². The first-order valence-corrected chi connectivity index (χ1v) is 3.13. The van der Waals surface area contributed by atoms with Crippen LogP contribution in [0.2, 0.25) is 0 Å². The number of pyridine rings is 1. The molecule has 1 heterocycles. The van der Waals surface area contributed by atoms with Gasteiger partial charge in [-0.3, -0.25) is 4.98 Å². The van der Waals surface area contributed by atoms with Crippen LogP contribution in [0.4, 0.5) is 0 Å². The summed E-state index contributed by atoms with van der Waals surface area (Å²) in [5, 5.41) is 26.4. The molecule has 4 nitrogen and oxygen atoms in total. The van der Waals surface area contributed by atoms with Crippen molar-refractivity contribution >= 4 is 12.6 Å². The smallest absolute Gasteiger partial charge is 0.490 e. The Morgan fingerprint density at radius 2 is 2.09 bits per heavy atom. The summed E-state index contributed by atoms with van der Waals surface area (Å²) in [4.78, 5) is 3.73. The van der Waals surface area contributed by atoms with Crippen LogP contribution in [0.5, 0.6) is 5.75 Å². The number of hydrogen-bond donors (Lipinski definition) is 3. The van der Waals surface area contributed by atoms with Crippen LogP contribution in [0.1, 0.15) is 5.69 Å². The van der Waals surface area contributed by atoms with Crippen LogP contribution in [0, 0.1) is 6.92 Å². The Kier molecular flexibility index (Phi) is 2.12. The maximum Gasteiger partial charge on any atom is 0.490 e. The van der Waals surface area contributed by atoms with Crippen molar-refractivity contribution in [3.05, 3.63) is 18.0 Å². The summed E-state index contributed by atoms with van der Waals surface area (Å²) in [5.74, 6) is -0.0319. The van der Waals surface area contributed by atoms with Gasteiger partial charge in [-0.1, -0.05) is 0 Å². The third-order valence-electron chi connectivity index (χ3n) is 1.38. The second-order valence-corrected chi connectivity index (χ2v) is 2.25. The number of hydrogen-bond acceptors (Lipinski definition) is 4. The molecule has 0 saturated heterocycles. The van der Waals surface area contributed by atoms with Crippen molar-refractivity contribution in [2.24, 2.45) is 0 Å². The van der Waals surface area contributed by atoms with E-state index in [1.807, 2.05) is 0 Å². The van der Waals surface area contributed by atoms with Crippen LogP contribution >= 0.6 is 0 Å². The molecule has 0 aliphatic heterocycles. The lowest BCUT2D eigenvalue weighted by atomic mass is 9.81. The third-order valence-corrected chi connectivity index (χ3v) is 1.38. The van der Waals surface area contributed by atoms with Crippen molar-refractivity contribution in [2.45, 2.75) is 6.92 Å². The van der Waals surface area contributed by atoms with E-state index in [2.05, 4.69) is 4.98 Å². The molecule has 0 aromatic carbocycles. The molecule has 1 rings (SSSR count). The normalized spacial score (nSPS) is 9.73. The number of nitrogens with zero attached hydrogens (tertiary/aromatic N) is 1. The lowest BCUT2D eigenvalue weighted by Gasteiger charge is -2.00. The predicted octanol–water partition coefficient (Wildman–Crippen LogP) is -1.22. The van der Waals surface area contributed by atoms with Gasteiger partial charge in [-0.2, -0.15) is 0 Å². The summed E-state index contributed by atoms with van der Waals surface area (Å²) < 4.78 is 0. The van der Waals surface area contributed by atoms with Crippen LogP contribution < -0.4 is 5.46 Å². The molecule has 0 amide bonds. The van der Waals surface area contributed by atoms with E-state index in [0.29, 0.717) is 5.69 Å². The fourth-order valence-corrected chi connectivity index (χ4v) is 0.678. The van der Waals surface area contributed by atoms with Gasteiger partial charge in [-0.15, -0.1) is 0 Å². The van der Waals surface area contributed by atoms with Gasteiger partial charge < -0.3 is 15.2 Å². The lowest BCUT2D eigenvalue weighted by molar-refractivity contribution is 0.424. The van der Waals surface area contributed by atoms with Crippen LogP contribution in [0.3, 0.4) is 0 Å². The molecule has 0 spiro atoms. The Morgan fingerprint density at radius 1 is 1.45 bits per heavy atom. The second-order valence-electron chi connectivity index (χ2n) is 2.25. The van der Waals surface area contributed by atoms with E-state index >= 15 is 0 Å². The number of aryl methyl sites for hydroxylation is 1. The fourth-order valence-electron chi connectivity index (χ4n) is 0.678. The molecule has 3 N–H and O–H groups in total. The van der Waals surface area contributed by atoms with Crippen molar-refractivity contribution in [1.29, 1.82) is 0 Å². The summed E-state index contributed by atoms with van der Waals surface area (Å²) in [6, 6.07) is 1.27. The molecule has 0 bridgehead atoms. The first-order chi connectivity index (χ1) is 5.11. The maximum absolute atomic E-state index is 9.06. The summed E-state index contributed by atoms with van der Waals surface area (Å²) >= 11 is 0. The second kappa shape index (κ2) is 2.90. The highest BCUT2D eigenvalue weighted by atomic mass is 16.4. The average molecular weight is 153 g/mol. The number of aromatic nitrogens is 1. The molecular formula is C6H8BNO3. The monoisotopic (exact) mass is 153 g/mol. The summed E-state index contributed by atoms with van der Waals surface area (Å²) in [5.41, 5.74) is 0.655. The van der Waals surface area contributed by atoms with Crippen molar-refractivity contribution < 1.29 is 15.2 Å². The van der Waals surface area contributed by atoms with Crippen molar-refractivity contribution in [3.63, 3.8) is 0 Å². The first kappa shape index (κ1) is 8.04. The van der Waals surface area contributed by atoms with Crippen molar-refractivity contribution in [3.8, 4) is 5.75 Å². The molecule has 0 aliphatic rings. The third kappa shape index (κ3) is 1.69. The summed E-state index contributed by atoms with van der Waals surface area (Å²) in [6.45, 7) is 1.63. The van der Waals surface area contributed by atoms with Crippen LogP contribution in [-0.4, -0.2) is 27.3 Å².